The molecule has 2 atom stereocenters. The highest BCUT2D eigenvalue weighted by molar-refractivity contribution is 5.80. The van der Waals surface area contributed by atoms with Crippen molar-refractivity contribution in [2.75, 3.05) is 0 Å². The number of carbonyl (C=O) groups excluding carboxylic acids is 1. The van der Waals surface area contributed by atoms with E-state index < -0.39 is 0 Å². The maximum Gasteiger partial charge on any atom is 0.278 e. The maximum atomic E-state index is 13.3. The van der Waals surface area contributed by atoms with E-state index in [4.69, 9.17) is 4.42 Å². The largest absolute Gasteiger partial charge is 0.463 e. The van der Waals surface area contributed by atoms with Crippen molar-refractivity contribution in [1.29, 1.82) is 0 Å². The van der Waals surface area contributed by atoms with Gasteiger partial charge in [-0.15, -0.1) is 0 Å². The summed E-state index contributed by atoms with van der Waals surface area (Å²) in [5.74, 6) is 0.804. The molecule has 3 N–H and O–H groups in total. The number of furan rings is 1. The fraction of sp³-hybridized carbons (Fsp3) is 0.148. The van der Waals surface area contributed by atoms with Gasteiger partial charge in [-0.1, -0.05) is 91.0 Å². The Labute approximate surface area is 182 Å². The number of nitrogens with one attached hydrogen (secondary N) is 1. The van der Waals surface area contributed by atoms with Crippen molar-refractivity contribution in [2.45, 2.75) is 25.0 Å². The number of carbonyl (C=O) groups is 1. The molecule has 0 spiro atoms. The van der Waals surface area contributed by atoms with Crippen LogP contribution >= 0.6 is 0 Å². The second kappa shape index (κ2) is 9.92. The van der Waals surface area contributed by atoms with Crippen LogP contribution < -0.4 is 10.6 Å². The molecule has 0 saturated heterocycles. The summed E-state index contributed by atoms with van der Waals surface area (Å²) in [6.07, 6.45) is 1.67. The van der Waals surface area contributed by atoms with Crippen molar-refractivity contribution in [3.8, 4) is 0 Å². The van der Waals surface area contributed by atoms with Gasteiger partial charge in [-0.25, -0.2) is 0 Å². The second-order valence-corrected chi connectivity index (χ2v) is 7.65. The topological polar surface area (TPSA) is 58.9 Å². The Hall–Kier alpha value is -3.63. The average molecular weight is 412 g/mol. The van der Waals surface area contributed by atoms with Crippen LogP contribution in [0.1, 0.15) is 41.5 Å². The van der Waals surface area contributed by atoms with Crippen LogP contribution in [-0.4, -0.2) is 11.9 Å². The third kappa shape index (κ3) is 5.11. The van der Waals surface area contributed by atoms with Gasteiger partial charge in [0.2, 0.25) is 0 Å². The average Bonchev–Trinajstić information content (AvgIpc) is 3.37. The van der Waals surface area contributed by atoms with E-state index in [1.807, 2.05) is 97.9 Å². The van der Waals surface area contributed by atoms with Crippen LogP contribution in [-0.2, 0) is 4.79 Å². The molecule has 1 amide bonds. The Morgan fingerprint density at radius 2 is 1.26 bits per heavy atom. The van der Waals surface area contributed by atoms with Crippen LogP contribution in [0.5, 0.6) is 0 Å². The zero-order valence-corrected chi connectivity index (χ0v) is 17.5. The van der Waals surface area contributed by atoms with Gasteiger partial charge >= 0.3 is 0 Å². The lowest BCUT2D eigenvalue weighted by atomic mass is 9.98. The van der Waals surface area contributed by atoms with Gasteiger partial charge < -0.3 is 15.1 Å². The first kappa shape index (κ1) is 20.6. The van der Waals surface area contributed by atoms with E-state index in [1.54, 1.807) is 6.26 Å². The lowest BCUT2D eigenvalue weighted by Gasteiger charge is -2.23. The molecule has 3 aromatic carbocycles. The van der Waals surface area contributed by atoms with Crippen molar-refractivity contribution in [2.24, 2.45) is 0 Å². The van der Waals surface area contributed by atoms with E-state index in [0.29, 0.717) is 0 Å². The maximum absolute atomic E-state index is 13.3. The minimum Gasteiger partial charge on any atom is -0.463 e. The molecule has 1 aromatic heterocycles. The fourth-order valence-corrected chi connectivity index (χ4v) is 3.80. The van der Waals surface area contributed by atoms with E-state index >= 15 is 0 Å². The molecule has 0 radical (unpaired) electrons. The first-order chi connectivity index (χ1) is 15.2. The quantitative estimate of drug-likeness (QED) is 0.456. The standard InChI is InChI=1S/C27H26N2O2/c1-20(28-26(24-18-11-19-31-24)23-16-9-4-10-17-23)27(30)29-25(21-12-5-2-6-13-21)22-14-7-3-8-15-22/h2-20,25-26,28H,1H3,(H,29,30)/p+1/t20-,26+/m1/s1. The van der Waals surface area contributed by atoms with Crippen LogP contribution in [0.2, 0.25) is 0 Å². The minimum absolute atomic E-state index is 0.0230. The Balaban J connectivity index is 1.54. The molecule has 0 bridgehead atoms. The zero-order chi connectivity index (χ0) is 21.5. The number of nitrogens with two attached hydrogens (primary N) is 1. The molecule has 4 rings (SSSR count). The lowest BCUT2D eigenvalue weighted by Crippen LogP contribution is -2.92. The van der Waals surface area contributed by atoms with Gasteiger partial charge in [-0.2, -0.15) is 0 Å². The first-order valence-corrected chi connectivity index (χ1v) is 10.6. The molecule has 0 saturated carbocycles. The molecule has 0 aliphatic rings. The van der Waals surface area contributed by atoms with Gasteiger partial charge in [0.25, 0.3) is 5.91 Å². The number of hydrogen-bond donors (Lipinski definition) is 2. The normalized spacial score (nSPS) is 13.0. The summed E-state index contributed by atoms with van der Waals surface area (Å²) in [7, 11) is 0. The van der Waals surface area contributed by atoms with Gasteiger partial charge in [0.1, 0.15) is 0 Å². The van der Waals surface area contributed by atoms with Crippen molar-refractivity contribution in [3.63, 3.8) is 0 Å². The fourth-order valence-electron chi connectivity index (χ4n) is 3.80. The summed E-state index contributed by atoms with van der Waals surface area (Å²) in [4.78, 5) is 13.3. The molecular formula is C27H27N2O2+. The van der Waals surface area contributed by atoms with Crippen LogP contribution in [0, 0.1) is 0 Å². The third-order valence-electron chi connectivity index (χ3n) is 5.46. The van der Waals surface area contributed by atoms with E-state index in [0.717, 1.165) is 22.5 Å². The highest BCUT2D eigenvalue weighted by Gasteiger charge is 2.28. The number of rotatable bonds is 8. The summed E-state index contributed by atoms with van der Waals surface area (Å²) >= 11 is 0. The molecule has 4 aromatic rings. The Bertz CT molecular complexity index is 1020. The number of amides is 1. The van der Waals surface area contributed by atoms with Gasteiger partial charge in [0.05, 0.1) is 12.3 Å². The SMILES string of the molecule is C[C@@H]([NH2+][C@@H](c1ccccc1)c1ccco1)C(=O)NC(c1ccccc1)c1ccccc1. The molecule has 0 unspecified atom stereocenters. The number of quaternary nitrogens is 1. The molecule has 0 fully saturated rings. The van der Waals surface area contributed by atoms with Crippen LogP contribution in [0.15, 0.2) is 114 Å². The molecule has 0 aliphatic heterocycles. The van der Waals surface area contributed by atoms with E-state index in [-0.39, 0.29) is 24.0 Å². The highest BCUT2D eigenvalue weighted by atomic mass is 16.3. The molecule has 156 valence electrons. The molecular weight excluding hydrogens is 384 g/mol. The lowest BCUT2D eigenvalue weighted by molar-refractivity contribution is -0.706. The first-order valence-electron chi connectivity index (χ1n) is 10.6. The van der Waals surface area contributed by atoms with Gasteiger partial charge in [-0.05, 0) is 30.2 Å². The summed E-state index contributed by atoms with van der Waals surface area (Å²) in [6.45, 7) is 1.93. The molecule has 4 heteroatoms. The summed E-state index contributed by atoms with van der Waals surface area (Å²) in [5.41, 5.74) is 3.21. The summed E-state index contributed by atoms with van der Waals surface area (Å²) < 4.78 is 5.69. The van der Waals surface area contributed by atoms with Crippen molar-refractivity contribution in [1.82, 2.24) is 5.32 Å². The predicted molar refractivity (Wildman–Crippen MR) is 121 cm³/mol. The monoisotopic (exact) mass is 411 g/mol. The van der Waals surface area contributed by atoms with Crippen LogP contribution in [0.3, 0.4) is 0 Å². The highest BCUT2D eigenvalue weighted by Crippen LogP contribution is 2.22. The van der Waals surface area contributed by atoms with Crippen LogP contribution in [0.25, 0.3) is 0 Å². The molecule has 1 heterocycles. The van der Waals surface area contributed by atoms with E-state index in [1.165, 1.54) is 0 Å². The number of benzene rings is 3. The minimum atomic E-state index is -0.315. The Morgan fingerprint density at radius 3 is 1.74 bits per heavy atom. The third-order valence-corrected chi connectivity index (χ3v) is 5.46. The van der Waals surface area contributed by atoms with Crippen molar-refractivity contribution >= 4 is 5.91 Å². The van der Waals surface area contributed by atoms with Crippen molar-refractivity contribution < 1.29 is 14.5 Å². The summed E-state index contributed by atoms with van der Waals surface area (Å²) in [6, 6.07) is 33.5. The Kier molecular flexibility index (Phi) is 6.60. The molecule has 0 aliphatic carbocycles. The van der Waals surface area contributed by atoms with Gasteiger partial charge in [0, 0.05) is 5.56 Å². The predicted octanol–water partition coefficient (Wildman–Crippen LogP) is 4.23. The smallest absolute Gasteiger partial charge is 0.278 e. The zero-order valence-electron chi connectivity index (χ0n) is 17.5. The van der Waals surface area contributed by atoms with Crippen molar-refractivity contribution in [3.05, 3.63) is 132 Å². The van der Waals surface area contributed by atoms with Gasteiger partial charge in [0.15, 0.2) is 17.8 Å². The molecule has 31 heavy (non-hydrogen) atoms. The van der Waals surface area contributed by atoms with E-state index in [9.17, 15) is 4.79 Å². The van der Waals surface area contributed by atoms with Crippen LogP contribution in [0.4, 0.5) is 0 Å². The Morgan fingerprint density at radius 1 is 0.742 bits per heavy atom. The molecule has 4 nitrogen and oxygen atoms in total. The number of hydrogen-bond acceptors (Lipinski definition) is 2. The van der Waals surface area contributed by atoms with E-state index in [2.05, 4.69) is 22.8 Å². The van der Waals surface area contributed by atoms with Gasteiger partial charge in [-0.3, -0.25) is 4.79 Å². The summed E-state index contributed by atoms with van der Waals surface area (Å²) in [5, 5.41) is 5.30. The second-order valence-electron chi connectivity index (χ2n) is 7.65.